The van der Waals surface area contributed by atoms with E-state index in [1.165, 1.54) is 16.7 Å². The van der Waals surface area contributed by atoms with Gasteiger partial charge in [0.1, 0.15) is 5.75 Å². The summed E-state index contributed by atoms with van der Waals surface area (Å²) in [6.45, 7) is 4.16. The van der Waals surface area contributed by atoms with E-state index < -0.39 is 0 Å². The number of hydrogen-bond acceptors (Lipinski definition) is 4. The molecule has 0 aliphatic rings. The van der Waals surface area contributed by atoms with Crippen LogP contribution in [0.25, 0.3) is 11.5 Å². The van der Waals surface area contributed by atoms with Crippen LogP contribution in [-0.2, 0) is 6.42 Å². The zero-order chi connectivity index (χ0) is 14.8. The van der Waals surface area contributed by atoms with E-state index in [0.29, 0.717) is 18.1 Å². The largest absolute Gasteiger partial charge is 0.508 e. The molecule has 0 aliphatic carbocycles. The summed E-state index contributed by atoms with van der Waals surface area (Å²) in [5, 5.41) is 13.3. The van der Waals surface area contributed by atoms with Crippen molar-refractivity contribution >= 4 is 0 Å². The Kier molecular flexibility index (Phi) is 3.44. The zero-order valence-electron chi connectivity index (χ0n) is 12.0. The first-order valence-corrected chi connectivity index (χ1v) is 6.79. The summed E-state index contributed by atoms with van der Waals surface area (Å²) >= 11 is 0. The van der Waals surface area contributed by atoms with E-state index >= 15 is 0 Å². The molecule has 0 aliphatic heterocycles. The predicted molar refractivity (Wildman–Crippen MR) is 80.1 cm³/mol. The highest BCUT2D eigenvalue weighted by Gasteiger charge is 2.09. The van der Waals surface area contributed by atoms with Crippen molar-refractivity contribution in [3.63, 3.8) is 0 Å². The van der Waals surface area contributed by atoms with Crippen molar-refractivity contribution < 1.29 is 9.63 Å². The SMILES string of the molecule is Cc1cc(C)cc(Cc2noc(-c3ccc(O)cc3)n2)c1. The van der Waals surface area contributed by atoms with E-state index in [9.17, 15) is 5.11 Å². The van der Waals surface area contributed by atoms with Crippen molar-refractivity contribution in [1.29, 1.82) is 0 Å². The number of aromatic hydroxyl groups is 1. The van der Waals surface area contributed by atoms with E-state index in [4.69, 9.17) is 4.52 Å². The molecule has 1 heterocycles. The summed E-state index contributed by atoms with van der Waals surface area (Å²) in [7, 11) is 0. The minimum Gasteiger partial charge on any atom is -0.508 e. The molecule has 1 aromatic heterocycles. The highest BCUT2D eigenvalue weighted by atomic mass is 16.5. The van der Waals surface area contributed by atoms with Gasteiger partial charge in [-0.25, -0.2) is 0 Å². The summed E-state index contributed by atoms with van der Waals surface area (Å²) in [5.41, 5.74) is 4.43. The number of phenolic OH excluding ortho intramolecular Hbond substituents is 1. The number of rotatable bonds is 3. The van der Waals surface area contributed by atoms with Crippen molar-refractivity contribution in [3.8, 4) is 17.2 Å². The molecule has 0 saturated heterocycles. The van der Waals surface area contributed by atoms with Crippen molar-refractivity contribution in [2.24, 2.45) is 0 Å². The van der Waals surface area contributed by atoms with Gasteiger partial charge in [-0.1, -0.05) is 34.5 Å². The second-order valence-corrected chi connectivity index (χ2v) is 5.24. The third kappa shape index (κ3) is 3.11. The minimum absolute atomic E-state index is 0.216. The average molecular weight is 280 g/mol. The van der Waals surface area contributed by atoms with Gasteiger partial charge < -0.3 is 9.63 Å². The van der Waals surface area contributed by atoms with Crippen molar-refractivity contribution in [3.05, 3.63) is 65.0 Å². The molecule has 21 heavy (non-hydrogen) atoms. The molecule has 0 saturated carbocycles. The number of benzene rings is 2. The van der Waals surface area contributed by atoms with Crippen LogP contribution in [0.5, 0.6) is 5.75 Å². The number of phenols is 1. The molecule has 4 nitrogen and oxygen atoms in total. The first kappa shape index (κ1) is 13.4. The molecule has 106 valence electrons. The smallest absolute Gasteiger partial charge is 0.257 e. The lowest BCUT2D eigenvalue weighted by Gasteiger charge is -2.01. The minimum atomic E-state index is 0.216. The van der Waals surface area contributed by atoms with Crippen LogP contribution in [0.4, 0.5) is 0 Å². The van der Waals surface area contributed by atoms with Crippen molar-refractivity contribution in [1.82, 2.24) is 10.1 Å². The molecule has 0 atom stereocenters. The maximum atomic E-state index is 9.29. The van der Waals surface area contributed by atoms with E-state index in [1.54, 1.807) is 24.3 Å². The van der Waals surface area contributed by atoms with Gasteiger partial charge in [0.15, 0.2) is 5.82 Å². The van der Waals surface area contributed by atoms with Gasteiger partial charge in [-0.3, -0.25) is 0 Å². The Morgan fingerprint density at radius 2 is 1.67 bits per heavy atom. The van der Waals surface area contributed by atoms with Crippen molar-refractivity contribution in [2.45, 2.75) is 20.3 Å². The molecule has 2 aromatic carbocycles. The van der Waals surface area contributed by atoms with Crippen LogP contribution in [0.1, 0.15) is 22.5 Å². The highest BCUT2D eigenvalue weighted by molar-refractivity contribution is 5.54. The van der Waals surface area contributed by atoms with Crippen LogP contribution in [0.15, 0.2) is 47.0 Å². The van der Waals surface area contributed by atoms with Gasteiger partial charge in [-0.2, -0.15) is 4.98 Å². The Morgan fingerprint density at radius 3 is 2.33 bits per heavy atom. The monoisotopic (exact) mass is 280 g/mol. The average Bonchev–Trinajstić information content (AvgIpc) is 2.87. The highest BCUT2D eigenvalue weighted by Crippen LogP contribution is 2.21. The topological polar surface area (TPSA) is 59.2 Å². The van der Waals surface area contributed by atoms with Gasteiger partial charge in [0.05, 0.1) is 0 Å². The fourth-order valence-corrected chi connectivity index (χ4v) is 2.40. The Balaban J connectivity index is 1.83. The van der Waals surface area contributed by atoms with Crippen LogP contribution in [0.3, 0.4) is 0 Å². The number of aromatic nitrogens is 2. The Hall–Kier alpha value is -2.62. The third-order valence-corrected chi connectivity index (χ3v) is 3.23. The number of nitrogens with zero attached hydrogens (tertiary/aromatic N) is 2. The molecule has 0 amide bonds. The van der Waals surface area contributed by atoms with Gasteiger partial charge >= 0.3 is 0 Å². The van der Waals surface area contributed by atoms with Crippen LogP contribution < -0.4 is 0 Å². The van der Waals surface area contributed by atoms with Crippen LogP contribution in [0, 0.1) is 13.8 Å². The molecule has 0 spiro atoms. The van der Waals surface area contributed by atoms with Gasteiger partial charge in [0.2, 0.25) is 0 Å². The molecule has 0 fully saturated rings. The van der Waals surface area contributed by atoms with E-state index in [1.807, 2.05) is 0 Å². The summed E-state index contributed by atoms with van der Waals surface area (Å²) in [6.07, 6.45) is 0.643. The maximum Gasteiger partial charge on any atom is 0.257 e. The zero-order valence-corrected chi connectivity index (χ0v) is 12.0. The molecule has 4 heteroatoms. The molecule has 3 aromatic rings. The fourth-order valence-electron chi connectivity index (χ4n) is 2.40. The summed E-state index contributed by atoms with van der Waals surface area (Å²) in [4.78, 5) is 4.41. The summed E-state index contributed by atoms with van der Waals surface area (Å²) < 4.78 is 5.28. The molecular formula is C17H16N2O2. The normalized spacial score (nSPS) is 10.8. The first-order valence-electron chi connectivity index (χ1n) is 6.79. The summed E-state index contributed by atoms with van der Waals surface area (Å²) in [6, 6.07) is 13.1. The van der Waals surface area contributed by atoms with Crippen LogP contribution in [0.2, 0.25) is 0 Å². The lowest BCUT2D eigenvalue weighted by Crippen LogP contribution is -1.92. The van der Waals surface area contributed by atoms with Gasteiger partial charge in [0, 0.05) is 12.0 Å². The van der Waals surface area contributed by atoms with Crippen LogP contribution >= 0.6 is 0 Å². The molecular weight excluding hydrogens is 264 g/mol. The fraction of sp³-hybridized carbons (Fsp3) is 0.176. The Bertz CT molecular complexity index is 740. The quantitative estimate of drug-likeness (QED) is 0.795. The van der Waals surface area contributed by atoms with Crippen molar-refractivity contribution in [2.75, 3.05) is 0 Å². The summed E-state index contributed by atoms with van der Waals surface area (Å²) in [5.74, 6) is 1.34. The standard InChI is InChI=1S/C17H16N2O2/c1-11-7-12(2)9-13(8-11)10-16-18-17(21-19-16)14-3-5-15(20)6-4-14/h3-9,20H,10H2,1-2H3. The third-order valence-electron chi connectivity index (χ3n) is 3.23. The molecule has 0 bridgehead atoms. The molecule has 3 rings (SSSR count). The lowest BCUT2D eigenvalue weighted by atomic mass is 10.1. The number of aryl methyl sites for hydroxylation is 2. The maximum absolute atomic E-state index is 9.29. The van der Waals surface area contributed by atoms with Gasteiger partial charge in [0.25, 0.3) is 5.89 Å². The second kappa shape index (κ2) is 5.40. The molecule has 0 unspecified atom stereocenters. The van der Waals surface area contributed by atoms with E-state index in [-0.39, 0.29) is 5.75 Å². The number of hydrogen-bond donors (Lipinski definition) is 1. The first-order chi connectivity index (χ1) is 10.1. The molecule has 0 radical (unpaired) electrons. The predicted octanol–water partition coefficient (Wildman–Crippen LogP) is 3.65. The molecule has 1 N–H and O–H groups in total. The second-order valence-electron chi connectivity index (χ2n) is 5.24. The lowest BCUT2D eigenvalue weighted by molar-refractivity contribution is 0.423. The Morgan fingerprint density at radius 1 is 1.00 bits per heavy atom. The van der Waals surface area contributed by atoms with Gasteiger partial charge in [-0.15, -0.1) is 0 Å². The van der Waals surface area contributed by atoms with Crippen LogP contribution in [-0.4, -0.2) is 15.2 Å². The van der Waals surface area contributed by atoms with Gasteiger partial charge in [-0.05, 0) is 43.7 Å². The van der Waals surface area contributed by atoms with E-state index in [2.05, 4.69) is 42.2 Å². The van der Waals surface area contributed by atoms with E-state index in [0.717, 1.165) is 5.56 Å². The Labute approximate surface area is 123 Å².